The maximum Gasteiger partial charge on any atom is 0.317 e. The highest BCUT2D eigenvalue weighted by atomic mass is 16.2. The zero-order valence-electron chi connectivity index (χ0n) is 14.2. The van der Waals surface area contributed by atoms with Crippen molar-refractivity contribution < 1.29 is 14.4 Å². The summed E-state index contributed by atoms with van der Waals surface area (Å²) in [6.45, 7) is 3.71. The van der Waals surface area contributed by atoms with Crippen molar-refractivity contribution in [3.8, 4) is 0 Å². The minimum absolute atomic E-state index is 0.00940. The van der Waals surface area contributed by atoms with E-state index in [1.807, 2.05) is 0 Å². The average Bonchev–Trinajstić information content (AvgIpc) is 2.55. The summed E-state index contributed by atoms with van der Waals surface area (Å²) in [6, 6.07) is 0.296. The molecule has 0 aromatic rings. The predicted molar refractivity (Wildman–Crippen MR) is 86.9 cm³/mol. The van der Waals surface area contributed by atoms with Crippen LogP contribution in [0.1, 0.15) is 39.0 Å². The van der Waals surface area contributed by atoms with Gasteiger partial charge in [0.1, 0.15) is 0 Å². The molecule has 1 aliphatic heterocycles. The van der Waals surface area contributed by atoms with Crippen LogP contribution in [0.3, 0.4) is 0 Å². The Hall–Kier alpha value is -1.79. The van der Waals surface area contributed by atoms with Crippen LogP contribution in [-0.2, 0) is 9.59 Å². The maximum absolute atomic E-state index is 12.3. The average molecular weight is 324 g/mol. The Bertz CT molecular complexity index is 441. The second kappa shape index (κ2) is 8.17. The van der Waals surface area contributed by atoms with E-state index in [9.17, 15) is 14.4 Å². The molecule has 130 valence electrons. The largest absolute Gasteiger partial charge is 0.338 e. The van der Waals surface area contributed by atoms with Gasteiger partial charge >= 0.3 is 6.03 Å². The molecule has 4 amide bonds. The van der Waals surface area contributed by atoms with Gasteiger partial charge in [-0.1, -0.05) is 19.3 Å². The number of urea groups is 1. The van der Waals surface area contributed by atoms with Gasteiger partial charge in [0.2, 0.25) is 11.8 Å². The van der Waals surface area contributed by atoms with Gasteiger partial charge in [0.25, 0.3) is 0 Å². The van der Waals surface area contributed by atoms with E-state index in [0.717, 1.165) is 12.8 Å². The quantitative estimate of drug-likeness (QED) is 0.828. The summed E-state index contributed by atoms with van der Waals surface area (Å²) in [4.78, 5) is 40.5. The van der Waals surface area contributed by atoms with E-state index in [4.69, 9.17) is 0 Å². The molecule has 0 atom stereocenters. The molecule has 0 radical (unpaired) electrons. The smallest absolute Gasteiger partial charge is 0.317 e. The first-order chi connectivity index (χ1) is 11.0. The molecule has 0 aromatic heterocycles. The van der Waals surface area contributed by atoms with Gasteiger partial charge in [0.15, 0.2) is 0 Å². The number of hydrogen-bond donors (Lipinski definition) is 1. The zero-order valence-corrected chi connectivity index (χ0v) is 14.2. The molecule has 2 aliphatic rings. The minimum atomic E-state index is -0.121. The number of carbonyl (C=O) groups is 3. The topological polar surface area (TPSA) is 73.0 Å². The molecular formula is C16H28N4O3. The van der Waals surface area contributed by atoms with Crippen molar-refractivity contribution in [2.75, 3.05) is 39.8 Å². The Morgan fingerprint density at radius 3 is 2.13 bits per heavy atom. The van der Waals surface area contributed by atoms with E-state index in [-0.39, 0.29) is 24.4 Å². The number of rotatable bonds is 3. The Kier molecular flexibility index (Phi) is 6.24. The summed E-state index contributed by atoms with van der Waals surface area (Å²) in [5, 5.41) is 3.11. The van der Waals surface area contributed by atoms with Crippen molar-refractivity contribution in [3.05, 3.63) is 0 Å². The SMILES string of the molecule is CC(=O)N(C)CC(=O)N1CCN(C(=O)NC2CCCCC2)CC1. The van der Waals surface area contributed by atoms with Crippen LogP contribution in [0.25, 0.3) is 0 Å². The van der Waals surface area contributed by atoms with Crippen LogP contribution >= 0.6 is 0 Å². The molecule has 1 saturated heterocycles. The lowest BCUT2D eigenvalue weighted by atomic mass is 9.96. The molecule has 7 heteroatoms. The third kappa shape index (κ3) is 5.11. The molecule has 1 saturated carbocycles. The first kappa shape index (κ1) is 17.6. The van der Waals surface area contributed by atoms with Crippen molar-refractivity contribution in [1.29, 1.82) is 0 Å². The fraction of sp³-hybridized carbons (Fsp3) is 0.812. The molecule has 1 heterocycles. The van der Waals surface area contributed by atoms with Crippen molar-refractivity contribution >= 4 is 17.8 Å². The number of amides is 4. The van der Waals surface area contributed by atoms with Crippen LogP contribution in [0.2, 0.25) is 0 Å². The van der Waals surface area contributed by atoms with Crippen LogP contribution < -0.4 is 5.32 Å². The van der Waals surface area contributed by atoms with Crippen LogP contribution in [0.15, 0.2) is 0 Å². The van der Waals surface area contributed by atoms with E-state index in [1.165, 1.54) is 31.1 Å². The first-order valence-corrected chi connectivity index (χ1v) is 8.52. The van der Waals surface area contributed by atoms with Crippen LogP contribution in [0.5, 0.6) is 0 Å². The lowest BCUT2D eigenvalue weighted by molar-refractivity contribution is -0.139. The molecule has 0 bridgehead atoms. The van der Waals surface area contributed by atoms with Crippen LogP contribution in [0.4, 0.5) is 4.79 Å². The monoisotopic (exact) mass is 324 g/mol. The Labute approximate surface area is 138 Å². The van der Waals surface area contributed by atoms with Crippen molar-refractivity contribution in [3.63, 3.8) is 0 Å². The second-order valence-corrected chi connectivity index (χ2v) is 6.53. The van der Waals surface area contributed by atoms with Gasteiger partial charge in [-0.25, -0.2) is 4.79 Å². The summed E-state index contributed by atoms with van der Waals surface area (Å²) in [5.74, 6) is -0.182. The van der Waals surface area contributed by atoms with Gasteiger partial charge in [0.05, 0.1) is 6.54 Å². The highest BCUT2D eigenvalue weighted by Crippen LogP contribution is 2.17. The maximum atomic E-state index is 12.3. The normalized spacial score (nSPS) is 19.4. The van der Waals surface area contributed by atoms with E-state index in [1.54, 1.807) is 16.8 Å². The molecule has 23 heavy (non-hydrogen) atoms. The summed E-state index contributed by atoms with van der Waals surface area (Å²) >= 11 is 0. The summed E-state index contributed by atoms with van der Waals surface area (Å²) < 4.78 is 0. The van der Waals surface area contributed by atoms with E-state index >= 15 is 0 Å². The summed E-state index contributed by atoms with van der Waals surface area (Å²) in [7, 11) is 1.62. The molecule has 7 nitrogen and oxygen atoms in total. The predicted octanol–water partition coefficient (Wildman–Crippen LogP) is 0.651. The van der Waals surface area contributed by atoms with Gasteiger partial charge in [0, 0.05) is 46.2 Å². The fourth-order valence-corrected chi connectivity index (χ4v) is 3.09. The summed E-state index contributed by atoms with van der Waals surface area (Å²) in [6.07, 6.45) is 5.79. The van der Waals surface area contributed by atoms with Gasteiger partial charge in [-0.15, -0.1) is 0 Å². The molecule has 1 aliphatic carbocycles. The third-order valence-corrected chi connectivity index (χ3v) is 4.76. The number of likely N-dealkylation sites (N-methyl/N-ethyl adjacent to an activating group) is 1. The fourth-order valence-electron chi connectivity index (χ4n) is 3.09. The third-order valence-electron chi connectivity index (χ3n) is 4.76. The van der Waals surface area contributed by atoms with Crippen molar-refractivity contribution in [1.82, 2.24) is 20.0 Å². The van der Waals surface area contributed by atoms with E-state index in [0.29, 0.717) is 32.2 Å². The van der Waals surface area contributed by atoms with Crippen LogP contribution in [0, 0.1) is 0 Å². The number of nitrogens with one attached hydrogen (secondary N) is 1. The summed E-state index contributed by atoms with van der Waals surface area (Å²) in [5.41, 5.74) is 0. The molecule has 2 fully saturated rings. The van der Waals surface area contributed by atoms with Gasteiger partial charge in [-0.3, -0.25) is 9.59 Å². The van der Waals surface area contributed by atoms with E-state index < -0.39 is 0 Å². The number of carbonyl (C=O) groups excluding carboxylic acids is 3. The molecular weight excluding hydrogens is 296 g/mol. The van der Waals surface area contributed by atoms with Crippen molar-refractivity contribution in [2.24, 2.45) is 0 Å². The first-order valence-electron chi connectivity index (χ1n) is 8.52. The number of nitrogens with zero attached hydrogens (tertiary/aromatic N) is 3. The standard InChI is InChI=1S/C16H28N4O3/c1-13(21)18(2)12-15(22)19-8-10-20(11-9-19)16(23)17-14-6-4-3-5-7-14/h14H,3-12H2,1-2H3,(H,17,23). The Balaban J connectivity index is 1.73. The lowest BCUT2D eigenvalue weighted by Crippen LogP contribution is -2.55. The Morgan fingerprint density at radius 2 is 1.57 bits per heavy atom. The zero-order chi connectivity index (χ0) is 16.8. The van der Waals surface area contributed by atoms with Gasteiger partial charge < -0.3 is 20.0 Å². The molecule has 0 spiro atoms. The van der Waals surface area contributed by atoms with Crippen molar-refractivity contribution in [2.45, 2.75) is 45.1 Å². The molecule has 0 unspecified atom stereocenters. The van der Waals surface area contributed by atoms with E-state index in [2.05, 4.69) is 5.32 Å². The molecule has 2 rings (SSSR count). The second-order valence-electron chi connectivity index (χ2n) is 6.53. The van der Waals surface area contributed by atoms with Crippen LogP contribution in [-0.4, -0.2) is 78.4 Å². The number of hydrogen-bond acceptors (Lipinski definition) is 3. The molecule has 0 aromatic carbocycles. The minimum Gasteiger partial charge on any atom is -0.338 e. The highest BCUT2D eigenvalue weighted by Gasteiger charge is 2.26. The van der Waals surface area contributed by atoms with Gasteiger partial charge in [-0.2, -0.15) is 0 Å². The molecule has 1 N–H and O–H groups in total. The highest BCUT2D eigenvalue weighted by molar-refractivity contribution is 5.84. The lowest BCUT2D eigenvalue weighted by Gasteiger charge is -2.36. The van der Waals surface area contributed by atoms with Gasteiger partial charge in [-0.05, 0) is 12.8 Å². The number of piperazine rings is 1. The Morgan fingerprint density at radius 1 is 1.00 bits per heavy atom.